The van der Waals surface area contributed by atoms with Gasteiger partial charge in [0.15, 0.2) is 0 Å². The zero-order valence-electron chi connectivity index (χ0n) is 8.12. The van der Waals surface area contributed by atoms with E-state index in [0.717, 1.165) is 16.6 Å². The average Bonchev–Trinajstić information content (AvgIpc) is 2.63. The average molecular weight is 271 g/mol. The lowest BCUT2D eigenvalue weighted by atomic mass is 10.2. The summed E-state index contributed by atoms with van der Waals surface area (Å²) in [6, 6.07) is 2.12. The van der Waals surface area contributed by atoms with Crippen LogP contribution in [-0.4, -0.2) is 15.2 Å². The van der Waals surface area contributed by atoms with Gasteiger partial charge >= 0.3 is 0 Å². The van der Waals surface area contributed by atoms with Crippen molar-refractivity contribution in [2.75, 3.05) is 6.26 Å². The Balaban J connectivity index is 2.82. The number of hydrogen-bond acceptors (Lipinski definition) is 2. The molecule has 0 aliphatic carbocycles. The van der Waals surface area contributed by atoms with Crippen LogP contribution in [0.3, 0.4) is 0 Å². The van der Waals surface area contributed by atoms with Crippen LogP contribution in [0.5, 0.6) is 0 Å². The second-order valence-electron chi connectivity index (χ2n) is 2.99. The van der Waals surface area contributed by atoms with Gasteiger partial charge in [-0.25, -0.2) is 0 Å². The van der Waals surface area contributed by atoms with Crippen LogP contribution in [0.15, 0.2) is 22.9 Å². The summed E-state index contributed by atoms with van der Waals surface area (Å²) in [6.45, 7) is 2.13. The van der Waals surface area contributed by atoms with E-state index < -0.39 is 0 Å². The molecule has 0 aromatic carbocycles. The minimum absolute atomic E-state index is 0.967. The first-order valence-corrected chi connectivity index (χ1v) is 6.44. The second kappa shape index (κ2) is 3.95. The van der Waals surface area contributed by atoms with Crippen molar-refractivity contribution in [1.82, 2.24) is 8.96 Å². The number of aromatic nitrogens is 2. The molecule has 0 aliphatic heterocycles. The Hall–Kier alpha value is -0.480. The molecule has 2 aromatic heterocycles. The summed E-state index contributed by atoms with van der Waals surface area (Å²) >= 11 is 5.22. The van der Waals surface area contributed by atoms with Gasteiger partial charge in [-0.05, 0) is 40.4 Å². The lowest BCUT2D eigenvalue weighted by Crippen LogP contribution is -1.92. The molecule has 0 atom stereocenters. The Bertz CT molecular complexity index is 464. The smallest absolute Gasteiger partial charge is 0.0817 e. The van der Waals surface area contributed by atoms with Gasteiger partial charge in [0.05, 0.1) is 11.2 Å². The molecular formula is C10H11BrN2S. The quantitative estimate of drug-likeness (QED) is 0.832. The standard InChI is InChI=1S/C10H11BrN2S/c1-3-9-10-7(8(11)6-12-9)4-5-13(10)14-2/h4-6H,3H2,1-2H3. The number of hydrogen-bond donors (Lipinski definition) is 0. The number of nitrogens with zero attached hydrogens (tertiary/aromatic N) is 2. The molecule has 0 radical (unpaired) electrons. The van der Waals surface area contributed by atoms with Crippen LogP contribution in [0, 0.1) is 0 Å². The summed E-state index contributed by atoms with van der Waals surface area (Å²) in [7, 11) is 0. The van der Waals surface area contributed by atoms with Gasteiger partial charge in [-0.1, -0.05) is 6.92 Å². The van der Waals surface area contributed by atoms with Crippen LogP contribution in [-0.2, 0) is 6.42 Å². The molecule has 0 saturated carbocycles. The lowest BCUT2D eigenvalue weighted by Gasteiger charge is -2.05. The van der Waals surface area contributed by atoms with Crippen molar-refractivity contribution in [3.05, 3.63) is 28.6 Å². The fourth-order valence-corrected chi connectivity index (χ4v) is 2.56. The van der Waals surface area contributed by atoms with E-state index in [9.17, 15) is 0 Å². The van der Waals surface area contributed by atoms with Gasteiger partial charge in [-0.3, -0.25) is 8.96 Å². The van der Waals surface area contributed by atoms with Crippen molar-refractivity contribution in [1.29, 1.82) is 0 Å². The van der Waals surface area contributed by atoms with E-state index in [2.05, 4.69) is 50.3 Å². The number of aryl methyl sites for hydroxylation is 1. The molecule has 0 amide bonds. The molecule has 4 heteroatoms. The van der Waals surface area contributed by atoms with Gasteiger partial charge in [0.25, 0.3) is 0 Å². The van der Waals surface area contributed by atoms with Crippen LogP contribution in [0.25, 0.3) is 10.9 Å². The number of rotatable bonds is 2. The molecule has 0 N–H and O–H groups in total. The molecule has 0 spiro atoms. The number of pyridine rings is 1. The highest BCUT2D eigenvalue weighted by Gasteiger charge is 2.08. The zero-order chi connectivity index (χ0) is 10.1. The zero-order valence-corrected chi connectivity index (χ0v) is 10.5. The first-order valence-electron chi connectivity index (χ1n) is 4.46. The number of fused-ring (bicyclic) bond motifs is 1. The van der Waals surface area contributed by atoms with Gasteiger partial charge in [-0.15, -0.1) is 0 Å². The maximum absolute atomic E-state index is 4.42. The third kappa shape index (κ3) is 1.46. The van der Waals surface area contributed by atoms with Crippen molar-refractivity contribution in [2.45, 2.75) is 13.3 Å². The van der Waals surface area contributed by atoms with Gasteiger partial charge < -0.3 is 0 Å². The molecule has 0 aliphatic rings. The molecule has 0 fully saturated rings. The predicted molar refractivity (Wildman–Crippen MR) is 65.7 cm³/mol. The van der Waals surface area contributed by atoms with E-state index in [1.165, 1.54) is 10.9 Å². The van der Waals surface area contributed by atoms with Gasteiger partial charge in [0.2, 0.25) is 0 Å². The van der Waals surface area contributed by atoms with Crippen molar-refractivity contribution >= 4 is 38.8 Å². The van der Waals surface area contributed by atoms with E-state index in [0.29, 0.717) is 0 Å². The minimum atomic E-state index is 0.967. The molecule has 0 unspecified atom stereocenters. The summed E-state index contributed by atoms with van der Waals surface area (Å²) in [4.78, 5) is 4.42. The highest BCUT2D eigenvalue weighted by atomic mass is 79.9. The molecule has 0 saturated heterocycles. The van der Waals surface area contributed by atoms with Crippen molar-refractivity contribution < 1.29 is 0 Å². The summed E-state index contributed by atoms with van der Waals surface area (Å²) in [5.74, 6) is 0. The molecule has 2 rings (SSSR count). The van der Waals surface area contributed by atoms with Crippen molar-refractivity contribution in [3.63, 3.8) is 0 Å². The number of halogens is 1. The molecule has 2 aromatic rings. The summed E-state index contributed by atoms with van der Waals surface area (Å²) < 4.78 is 3.23. The first-order chi connectivity index (χ1) is 6.77. The fraction of sp³-hybridized carbons (Fsp3) is 0.300. The maximum Gasteiger partial charge on any atom is 0.0817 e. The monoisotopic (exact) mass is 270 g/mol. The van der Waals surface area contributed by atoms with E-state index >= 15 is 0 Å². The third-order valence-corrected chi connectivity index (χ3v) is 3.58. The van der Waals surface area contributed by atoms with Gasteiger partial charge in [0.1, 0.15) is 0 Å². The molecule has 74 valence electrons. The van der Waals surface area contributed by atoms with Gasteiger partial charge in [-0.2, -0.15) is 0 Å². The summed E-state index contributed by atoms with van der Waals surface area (Å²) in [6.07, 6.45) is 7.00. The highest BCUT2D eigenvalue weighted by molar-refractivity contribution is 9.10. The topological polar surface area (TPSA) is 17.8 Å². The third-order valence-electron chi connectivity index (χ3n) is 2.25. The van der Waals surface area contributed by atoms with E-state index in [1.807, 2.05) is 6.20 Å². The Kier molecular flexibility index (Phi) is 2.83. The molecule has 2 heterocycles. The Morgan fingerprint density at radius 3 is 3.00 bits per heavy atom. The molecular weight excluding hydrogens is 260 g/mol. The Labute approximate surface area is 96.0 Å². The van der Waals surface area contributed by atoms with Crippen LogP contribution in [0.4, 0.5) is 0 Å². The Morgan fingerprint density at radius 2 is 2.36 bits per heavy atom. The van der Waals surface area contributed by atoms with Crippen LogP contribution >= 0.6 is 27.9 Å². The van der Waals surface area contributed by atoms with Crippen LogP contribution in [0.2, 0.25) is 0 Å². The van der Waals surface area contributed by atoms with E-state index in [1.54, 1.807) is 11.9 Å². The maximum atomic E-state index is 4.42. The lowest BCUT2D eigenvalue weighted by molar-refractivity contribution is 1.04. The van der Waals surface area contributed by atoms with Crippen LogP contribution < -0.4 is 0 Å². The van der Waals surface area contributed by atoms with Crippen molar-refractivity contribution in [3.8, 4) is 0 Å². The second-order valence-corrected chi connectivity index (χ2v) is 4.61. The predicted octanol–water partition coefficient (Wildman–Crippen LogP) is 3.49. The largest absolute Gasteiger partial charge is 0.289 e. The van der Waals surface area contributed by atoms with Gasteiger partial charge in [0, 0.05) is 28.5 Å². The fourth-order valence-electron chi connectivity index (χ4n) is 1.57. The molecule has 2 nitrogen and oxygen atoms in total. The minimum Gasteiger partial charge on any atom is -0.289 e. The normalized spacial score (nSPS) is 11.1. The molecule has 0 bridgehead atoms. The first kappa shape index (κ1) is 10.1. The highest BCUT2D eigenvalue weighted by Crippen LogP contribution is 2.28. The summed E-state index contributed by atoms with van der Waals surface area (Å²) in [5.41, 5.74) is 2.39. The molecule has 14 heavy (non-hydrogen) atoms. The van der Waals surface area contributed by atoms with Crippen molar-refractivity contribution in [2.24, 2.45) is 0 Å². The van der Waals surface area contributed by atoms with E-state index in [4.69, 9.17) is 0 Å². The van der Waals surface area contributed by atoms with E-state index in [-0.39, 0.29) is 0 Å². The SMILES string of the molecule is CCc1ncc(Br)c2ccn(SC)c12. The Morgan fingerprint density at radius 1 is 1.57 bits per heavy atom. The summed E-state index contributed by atoms with van der Waals surface area (Å²) in [5, 5.41) is 1.24. The van der Waals surface area contributed by atoms with Crippen LogP contribution in [0.1, 0.15) is 12.6 Å².